The van der Waals surface area contributed by atoms with Crippen molar-refractivity contribution in [3.63, 3.8) is 0 Å². The number of aromatic nitrogens is 2. The molecule has 0 bridgehead atoms. The van der Waals surface area contributed by atoms with Gasteiger partial charge in [-0.2, -0.15) is 0 Å². The number of rotatable bonds is 14. The number of nitrogens with zero attached hydrogens (tertiary/aromatic N) is 2. The Labute approximate surface area is 138 Å². The Morgan fingerprint density at radius 3 is 2.05 bits per heavy atom. The maximum atomic E-state index is 2.50. The van der Waals surface area contributed by atoms with Crippen LogP contribution in [0.1, 0.15) is 97.2 Å². The molecule has 1 aromatic heterocycles. The summed E-state index contributed by atoms with van der Waals surface area (Å²) in [6, 6.07) is 0. The zero-order valence-corrected chi connectivity index (χ0v) is 15.4. The van der Waals surface area contributed by atoms with Crippen molar-refractivity contribution < 1.29 is 4.57 Å². The average molecular weight is 308 g/mol. The first-order valence-corrected chi connectivity index (χ1v) is 9.90. The molecular formula is C20H39N2+. The molecule has 0 fully saturated rings. The molecule has 0 N–H and O–H groups in total. The predicted molar refractivity (Wildman–Crippen MR) is 96.1 cm³/mol. The summed E-state index contributed by atoms with van der Waals surface area (Å²) in [5, 5.41) is 0. The van der Waals surface area contributed by atoms with E-state index in [0.29, 0.717) is 0 Å². The molecule has 1 aromatic rings. The monoisotopic (exact) mass is 307 g/mol. The summed E-state index contributed by atoms with van der Waals surface area (Å²) >= 11 is 0. The third-order valence-electron chi connectivity index (χ3n) is 4.56. The van der Waals surface area contributed by atoms with Gasteiger partial charge >= 0.3 is 0 Å². The second-order valence-electron chi connectivity index (χ2n) is 6.68. The third kappa shape index (κ3) is 7.47. The van der Waals surface area contributed by atoms with E-state index < -0.39 is 0 Å². The fourth-order valence-electron chi connectivity index (χ4n) is 3.18. The average Bonchev–Trinajstić information content (AvgIpc) is 2.90. The molecular weight excluding hydrogens is 268 g/mol. The van der Waals surface area contributed by atoms with Gasteiger partial charge in [-0.15, -0.1) is 0 Å². The smallest absolute Gasteiger partial charge is 0.234 e. The van der Waals surface area contributed by atoms with Crippen molar-refractivity contribution in [1.29, 1.82) is 0 Å². The van der Waals surface area contributed by atoms with Gasteiger partial charge in [-0.05, 0) is 19.3 Å². The van der Waals surface area contributed by atoms with E-state index in [0.717, 1.165) is 0 Å². The zero-order valence-electron chi connectivity index (χ0n) is 15.4. The third-order valence-corrected chi connectivity index (χ3v) is 4.56. The molecule has 0 aliphatic rings. The van der Waals surface area contributed by atoms with Gasteiger partial charge in [0, 0.05) is 6.42 Å². The molecule has 0 amide bonds. The van der Waals surface area contributed by atoms with Crippen molar-refractivity contribution in [1.82, 2.24) is 4.57 Å². The van der Waals surface area contributed by atoms with E-state index in [4.69, 9.17) is 0 Å². The fraction of sp³-hybridized carbons (Fsp3) is 0.850. The summed E-state index contributed by atoms with van der Waals surface area (Å²) in [6.45, 7) is 9.21. The van der Waals surface area contributed by atoms with Gasteiger partial charge in [0.15, 0.2) is 0 Å². The van der Waals surface area contributed by atoms with Gasteiger partial charge in [-0.1, -0.05) is 72.1 Å². The minimum atomic E-state index is 1.17. The van der Waals surface area contributed by atoms with Crippen LogP contribution in [0.15, 0.2) is 12.4 Å². The second-order valence-corrected chi connectivity index (χ2v) is 6.68. The SMILES string of the molecule is CCCCCCCCCCc1n(CCCC)cc[n+]1CCC. The predicted octanol–water partition coefficient (Wildman–Crippen LogP) is 5.67. The van der Waals surface area contributed by atoms with E-state index in [1.165, 1.54) is 90.1 Å². The van der Waals surface area contributed by atoms with Crippen LogP contribution in [0.5, 0.6) is 0 Å². The van der Waals surface area contributed by atoms with Crippen molar-refractivity contribution >= 4 is 0 Å². The lowest BCUT2D eigenvalue weighted by Crippen LogP contribution is -2.37. The number of hydrogen-bond acceptors (Lipinski definition) is 0. The van der Waals surface area contributed by atoms with Crippen LogP contribution in [0.25, 0.3) is 0 Å². The molecule has 0 aliphatic carbocycles. The lowest BCUT2D eigenvalue weighted by Gasteiger charge is -2.05. The van der Waals surface area contributed by atoms with E-state index in [1.807, 2.05) is 0 Å². The number of imidazole rings is 1. The van der Waals surface area contributed by atoms with Gasteiger partial charge in [-0.25, -0.2) is 9.13 Å². The molecule has 2 heteroatoms. The maximum Gasteiger partial charge on any atom is 0.256 e. The van der Waals surface area contributed by atoms with Crippen molar-refractivity contribution in [2.45, 2.75) is 111 Å². The van der Waals surface area contributed by atoms with Crippen LogP contribution in [0.2, 0.25) is 0 Å². The van der Waals surface area contributed by atoms with E-state index in [1.54, 1.807) is 5.82 Å². The lowest BCUT2D eigenvalue weighted by molar-refractivity contribution is -0.703. The standard InChI is InChI=1S/C20H39N2/c1-4-7-9-10-11-12-13-14-15-20-21(16-6-3)18-19-22(20)17-8-5-2/h18-19H,4-17H2,1-3H3/q+1. The van der Waals surface area contributed by atoms with Gasteiger partial charge in [0.2, 0.25) is 0 Å². The van der Waals surface area contributed by atoms with Crippen LogP contribution < -0.4 is 4.57 Å². The second kappa shape index (κ2) is 12.7. The van der Waals surface area contributed by atoms with Crippen LogP contribution in [-0.4, -0.2) is 4.57 Å². The molecule has 1 rings (SSSR count). The molecule has 0 atom stereocenters. The topological polar surface area (TPSA) is 8.81 Å². The van der Waals surface area contributed by atoms with Crippen LogP contribution >= 0.6 is 0 Å². The highest BCUT2D eigenvalue weighted by Crippen LogP contribution is 2.11. The number of hydrogen-bond donors (Lipinski definition) is 0. The first-order chi connectivity index (χ1) is 10.8. The van der Waals surface area contributed by atoms with Crippen molar-refractivity contribution in [3.05, 3.63) is 18.2 Å². The number of unbranched alkanes of at least 4 members (excludes halogenated alkanes) is 8. The van der Waals surface area contributed by atoms with E-state index in [-0.39, 0.29) is 0 Å². The minimum Gasteiger partial charge on any atom is -0.234 e. The molecule has 0 aromatic carbocycles. The highest BCUT2D eigenvalue weighted by atomic mass is 15.1. The molecule has 2 nitrogen and oxygen atoms in total. The summed E-state index contributed by atoms with van der Waals surface area (Å²) in [7, 11) is 0. The molecule has 128 valence electrons. The normalized spacial score (nSPS) is 11.2. The maximum absolute atomic E-state index is 2.50. The Balaban J connectivity index is 2.31. The summed E-state index contributed by atoms with van der Waals surface area (Å²) in [5.41, 5.74) is 0. The molecule has 0 aliphatic heterocycles. The lowest BCUT2D eigenvalue weighted by atomic mass is 10.1. The largest absolute Gasteiger partial charge is 0.256 e. The summed E-state index contributed by atoms with van der Waals surface area (Å²) in [6.07, 6.45) is 20.9. The van der Waals surface area contributed by atoms with Gasteiger partial charge in [0.25, 0.3) is 5.82 Å². The first-order valence-electron chi connectivity index (χ1n) is 9.90. The Morgan fingerprint density at radius 1 is 0.773 bits per heavy atom. The summed E-state index contributed by atoms with van der Waals surface area (Å²) < 4.78 is 4.98. The summed E-state index contributed by atoms with van der Waals surface area (Å²) in [4.78, 5) is 0. The molecule has 0 unspecified atom stereocenters. The van der Waals surface area contributed by atoms with Gasteiger partial charge in [0.05, 0.1) is 13.1 Å². The van der Waals surface area contributed by atoms with Crippen LogP contribution in [-0.2, 0) is 19.5 Å². The van der Waals surface area contributed by atoms with Crippen LogP contribution in [0.3, 0.4) is 0 Å². The highest BCUT2D eigenvalue weighted by molar-refractivity contribution is 4.84. The van der Waals surface area contributed by atoms with Crippen molar-refractivity contribution in [2.24, 2.45) is 0 Å². The fourth-order valence-corrected chi connectivity index (χ4v) is 3.18. The highest BCUT2D eigenvalue weighted by Gasteiger charge is 2.15. The Morgan fingerprint density at radius 2 is 1.41 bits per heavy atom. The molecule has 1 heterocycles. The molecule has 0 saturated carbocycles. The molecule has 22 heavy (non-hydrogen) atoms. The zero-order chi connectivity index (χ0) is 16.0. The summed E-state index contributed by atoms with van der Waals surface area (Å²) in [5.74, 6) is 1.56. The Kier molecular flexibility index (Phi) is 11.1. The van der Waals surface area contributed by atoms with E-state index in [9.17, 15) is 0 Å². The first kappa shape index (κ1) is 19.3. The molecule has 0 radical (unpaired) electrons. The number of aryl methyl sites for hydroxylation is 2. The van der Waals surface area contributed by atoms with Crippen molar-refractivity contribution in [2.75, 3.05) is 0 Å². The van der Waals surface area contributed by atoms with Gasteiger partial charge in [-0.3, -0.25) is 0 Å². The van der Waals surface area contributed by atoms with E-state index in [2.05, 4.69) is 42.3 Å². The van der Waals surface area contributed by atoms with Crippen LogP contribution in [0.4, 0.5) is 0 Å². The van der Waals surface area contributed by atoms with Gasteiger partial charge in [0.1, 0.15) is 12.4 Å². The van der Waals surface area contributed by atoms with Gasteiger partial charge < -0.3 is 0 Å². The Bertz CT molecular complexity index is 368. The van der Waals surface area contributed by atoms with E-state index >= 15 is 0 Å². The molecule has 0 spiro atoms. The van der Waals surface area contributed by atoms with Crippen LogP contribution in [0, 0.1) is 0 Å². The van der Waals surface area contributed by atoms with Crippen molar-refractivity contribution in [3.8, 4) is 0 Å². The molecule has 0 saturated heterocycles. The minimum absolute atomic E-state index is 1.17. The Hall–Kier alpha value is -0.790. The quantitative estimate of drug-likeness (QED) is 0.309.